The SMILES string of the molecule is O=C(CC[NH+]1CCOCC1)Nc1cccc(Br)c1. The summed E-state index contributed by atoms with van der Waals surface area (Å²) in [5.41, 5.74) is 0.839. The fraction of sp³-hybridized carbons (Fsp3) is 0.462. The summed E-state index contributed by atoms with van der Waals surface area (Å²) in [6, 6.07) is 7.64. The zero-order valence-corrected chi connectivity index (χ0v) is 11.8. The molecule has 1 aromatic carbocycles. The van der Waals surface area contributed by atoms with Crippen molar-refractivity contribution in [2.75, 3.05) is 38.2 Å². The van der Waals surface area contributed by atoms with Gasteiger partial charge in [-0.15, -0.1) is 0 Å². The van der Waals surface area contributed by atoms with Crippen molar-refractivity contribution in [3.63, 3.8) is 0 Å². The maximum atomic E-state index is 11.8. The lowest BCUT2D eigenvalue weighted by atomic mass is 10.3. The number of ether oxygens (including phenoxy) is 1. The fourth-order valence-electron chi connectivity index (χ4n) is 1.99. The minimum atomic E-state index is 0.0760. The third-order valence-corrected chi connectivity index (χ3v) is 3.51. The molecule has 0 saturated carbocycles. The molecular weight excluding hydrogens is 296 g/mol. The number of benzene rings is 1. The number of hydrogen-bond acceptors (Lipinski definition) is 2. The Bertz CT molecular complexity index is 406. The lowest BCUT2D eigenvalue weighted by Crippen LogP contribution is -3.14. The molecular formula is C13H18BrN2O2+. The van der Waals surface area contributed by atoms with E-state index in [-0.39, 0.29) is 5.91 Å². The predicted molar refractivity (Wildman–Crippen MR) is 73.8 cm³/mol. The highest BCUT2D eigenvalue weighted by molar-refractivity contribution is 9.10. The van der Waals surface area contributed by atoms with E-state index in [4.69, 9.17) is 4.74 Å². The molecule has 5 heteroatoms. The average molecular weight is 314 g/mol. The number of amides is 1. The minimum absolute atomic E-state index is 0.0760. The molecule has 0 spiro atoms. The molecule has 98 valence electrons. The Hall–Kier alpha value is -0.910. The number of carbonyl (C=O) groups is 1. The highest BCUT2D eigenvalue weighted by Gasteiger charge is 2.15. The molecule has 0 atom stereocenters. The number of hydrogen-bond donors (Lipinski definition) is 2. The van der Waals surface area contributed by atoms with Gasteiger partial charge in [-0.25, -0.2) is 0 Å². The summed E-state index contributed by atoms with van der Waals surface area (Å²) in [5.74, 6) is 0.0760. The van der Waals surface area contributed by atoms with Crippen molar-refractivity contribution in [2.45, 2.75) is 6.42 Å². The van der Waals surface area contributed by atoms with Gasteiger partial charge in [-0.3, -0.25) is 4.79 Å². The molecule has 1 aliphatic rings. The van der Waals surface area contributed by atoms with Gasteiger partial charge in [-0.1, -0.05) is 22.0 Å². The summed E-state index contributed by atoms with van der Waals surface area (Å²) in [6.07, 6.45) is 0.557. The maximum Gasteiger partial charge on any atom is 0.230 e. The standard InChI is InChI=1S/C13H17BrN2O2/c14-11-2-1-3-12(10-11)15-13(17)4-5-16-6-8-18-9-7-16/h1-3,10H,4-9H2,(H,15,17)/p+1. The van der Waals surface area contributed by atoms with Crippen LogP contribution in [0, 0.1) is 0 Å². The lowest BCUT2D eigenvalue weighted by Gasteiger charge is -2.23. The summed E-state index contributed by atoms with van der Waals surface area (Å²) in [6.45, 7) is 4.50. The lowest BCUT2D eigenvalue weighted by molar-refractivity contribution is -0.907. The zero-order chi connectivity index (χ0) is 12.8. The number of carbonyl (C=O) groups excluding carboxylic acids is 1. The molecule has 0 aliphatic carbocycles. The topological polar surface area (TPSA) is 42.8 Å². The van der Waals surface area contributed by atoms with Crippen molar-refractivity contribution >= 4 is 27.5 Å². The number of anilines is 1. The van der Waals surface area contributed by atoms with Crippen molar-refractivity contribution < 1.29 is 14.4 Å². The molecule has 2 rings (SSSR count). The van der Waals surface area contributed by atoms with E-state index in [0.29, 0.717) is 6.42 Å². The van der Waals surface area contributed by atoms with Crippen molar-refractivity contribution in [1.29, 1.82) is 0 Å². The number of rotatable bonds is 4. The van der Waals surface area contributed by atoms with Gasteiger partial charge >= 0.3 is 0 Å². The van der Waals surface area contributed by atoms with Crippen LogP contribution >= 0.6 is 15.9 Å². The van der Waals surface area contributed by atoms with Crippen LogP contribution in [-0.4, -0.2) is 38.8 Å². The molecule has 1 aromatic rings. The van der Waals surface area contributed by atoms with Crippen LogP contribution in [0.3, 0.4) is 0 Å². The molecule has 0 unspecified atom stereocenters. The normalized spacial score (nSPS) is 16.5. The van der Waals surface area contributed by atoms with Crippen LogP contribution in [0.25, 0.3) is 0 Å². The van der Waals surface area contributed by atoms with E-state index < -0.39 is 0 Å². The first-order valence-electron chi connectivity index (χ1n) is 6.21. The second kappa shape index (κ2) is 6.87. The Balaban J connectivity index is 1.74. The molecule has 1 fully saturated rings. The molecule has 1 amide bonds. The van der Waals surface area contributed by atoms with Gasteiger partial charge in [0.25, 0.3) is 0 Å². The molecule has 2 N–H and O–H groups in total. The third-order valence-electron chi connectivity index (χ3n) is 3.01. The number of quaternary nitrogens is 1. The van der Waals surface area contributed by atoms with E-state index >= 15 is 0 Å². The van der Waals surface area contributed by atoms with Gasteiger partial charge in [0.2, 0.25) is 5.91 Å². The van der Waals surface area contributed by atoms with Crippen molar-refractivity contribution in [2.24, 2.45) is 0 Å². The summed E-state index contributed by atoms with van der Waals surface area (Å²) < 4.78 is 6.26. The Morgan fingerprint density at radius 1 is 1.39 bits per heavy atom. The smallest absolute Gasteiger partial charge is 0.230 e. The quantitative estimate of drug-likeness (QED) is 0.859. The number of nitrogens with one attached hydrogen (secondary N) is 2. The Morgan fingerprint density at radius 3 is 2.89 bits per heavy atom. The van der Waals surface area contributed by atoms with E-state index in [0.717, 1.165) is 43.0 Å². The molecule has 0 aromatic heterocycles. The van der Waals surface area contributed by atoms with Gasteiger partial charge in [0.15, 0.2) is 0 Å². The largest absolute Gasteiger partial charge is 0.370 e. The van der Waals surface area contributed by atoms with Gasteiger partial charge in [-0.2, -0.15) is 0 Å². The molecule has 0 bridgehead atoms. The van der Waals surface area contributed by atoms with Crippen LogP contribution in [0.15, 0.2) is 28.7 Å². The van der Waals surface area contributed by atoms with Crippen LogP contribution in [0.5, 0.6) is 0 Å². The Kier molecular flexibility index (Phi) is 5.16. The van der Waals surface area contributed by atoms with E-state index in [1.54, 1.807) is 0 Å². The van der Waals surface area contributed by atoms with Crippen molar-refractivity contribution in [3.05, 3.63) is 28.7 Å². The predicted octanol–water partition coefficient (Wildman–Crippen LogP) is 0.693. The van der Waals surface area contributed by atoms with Crippen LogP contribution in [0.1, 0.15) is 6.42 Å². The molecule has 0 radical (unpaired) electrons. The van der Waals surface area contributed by atoms with E-state index in [2.05, 4.69) is 21.2 Å². The first-order valence-corrected chi connectivity index (χ1v) is 7.00. The fourth-order valence-corrected chi connectivity index (χ4v) is 2.39. The Morgan fingerprint density at radius 2 is 2.17 bits per heavy atom. The van der Waals surface area contributed by atoms with Gasteiger partial charge in [0.05, 0.1) is 26.2 Å². The van der Waals surface area contributed by atoms with E-state index in [9.17, 15) is 4.79 Å². The maximum absolute atomic E-state index is 11.8. The van der Waals surface area contributed by atoms with Crippen LogP contribution in [-0.2, 0) is 9.53 Å². The first kappa shape index (κ1) is 13.5. The van der Waals surface area contributed by atoms with E-state index in [1.165, 1.54) is 4.90 Å². The highest BCUT2D eigenvalue weighted by Crippen LogP contribution is 2.15. The highest BCUT2D eigenvalue weighted by atomic mass is 79.9. The molecule has 1 saturated heterocycles. The Labute approximate surface area is 115 Å². The van der Waals surface area contributed by atoms with Crippen LogP contribution in [0.2, 0.25) is 0 Å². The molecule has 1 aliphatic heterocycles. The molecule has 4 nitrogen and oxygen atoms in total. The van der Waals surface area contributed by atoms with Gasteiger partial charge in [-0.05, 0) is 18.2 Å². The average Bonchev–Trinajstić information content (AvgIpc) is 2.38. The van der Waals surface area contributed by atoms with Crippen LogP contribution in [0.4, 0.5) is 5.69 Å². The summed E-state index contributed by atoms with van der Waals surface area (Å²) >= 11 is 3.38. The van der Waals surface area contributed by atoms with Crippen LogP contribution < -0.4 is 10.2 Å². The zero-order valence-electron chi connectivity index (χ0n) is 10.2. The number of halogens is 1. The van der Waals surface area contributed by atoms with Gasteiger partial charge in [0, 0.05) is 10.2 Å². The molecule has 18 heavy (non-hydrogen) atoms. The number of morpholine rings is 1. The third kappa shape index (κ3) is 4.40. The van der Waals surface area contributed by atoms with Gasteiger partial charge < -0.3 is 15.0 Å². The van der Waals surface area contributed by atoms with Crippen molar-refractivity contribution in [3.8, 4) is 0 Å². The summed E-state index contributed by atoms with van der Waals surface area (Å²) in [5, 5.41) is 2.91. The molecule has 1 heterocycles. The van der Waals surface area contributed by atoms with E-state index in [1.807, 2.05) is 24.3 Å². The summed E-state index contributed by atoms with van der Waals surface area (Å²) in [7, 11) is 0. The van der Waals surface area contributed by atoms with Crippen molar-refractivity contribution in [1.82, 2.24) is 0 Å². The second-order valence-electron chi connectivity index (χ2n) is 4.42. The van der Waals surface area contributed by atoms with Gasteiger partial charge in [0.1, 0.15) is 13.1 Å². The monoisotopic (exact) mass is 313 g/mol. The minimum Gasteiger partial charge on any atom is -0.370 e. The first-order chi connectivity index (χ1) is 8.74. The summed E-state index contributed by atoms with van der Waals surface area (Å²) in [4.78, 5) is 13.2. The second-order valence-corrected chi connectivity index (χ2v) is 5.34.